The van der Waals surface area contributed by atoms with Crippen molar-refractivity contribution in [1.82, 2.24) is 15.1 Å². The molecule has 2 fully saturated rings. The molecule has 0 bridgehead atoms. The molecule has 1 saturated heterocycles. The third-order valence-electron chi connectivity index (χ3n) is 6.26. The molecular formula is C24H24F3N3O3. The van der Waals surface area contributed by atoms with Gasteiger partial charge in [0.1, 0.15) is 12.1 Å². The summed E-state index contributed by atoms with van der Waals surface area (Å²) in [5, 5.41) is 2.66. The lowest BCUT2D eigenvalue weighted by Crippen LogP contribution is -2.46. The SMILES string of the molecule is CC(c1cccc(C(F)(F)F)c1)N(C(=O)CN1C(=O)NC(C)(c2ccccc2)C1=O)C1CC1. The van der Waals surface area contributed by atoms with Crippen LogP contribution in [0.4, 0.5) is 18.0 Å². The highest BCUT2D eigenvalue weighted by Gasteiger charge is 2.50. The molecule has 2 aromatic carbocycles. The number of halogens is 3. The van der Waals surface area contributed by atoms with E-state index in [1.807, 2.05) is 0 Å². The molecule has 1 N–H and O–H groups in total. The fourth-order valence-corrected chi connectivity index (χ4v) is 4.25. The molecule has 0 spiro atoms. The quantitative estimate of drug-likeness (QED) is 0.658. The molecule has 4 amide bonds. The summed E-state index contributed by atoms with van der Waals surface area (Å²) >= 11 is 0. The number of rotatable bonds is 6. The fraction of sp³-hybridized carbons (Fsp3) is 0.375. The van der Waals surface area contributed by atoms with E-state index in [1.54, 1.807) is 50.2 Å². The molecule has 1 aliphatic heterocycles. The van der Waals surface area contributed by atoms with E-state index in [2.05, 4.69) is 5.32 Å². The molecule has 1 saturated carbocycles. The van der Waals surface area contributed by atoms with Crippen LogP contribution in [-0.2, 0) is 21.3 Å². The van der Waals surface area contributed by atoms with Gasteiger partial charge < -0.3 is 10.2 Å². The lowest BCUT2D eigenvalue weighted by Gasteiger charge is -2.31. The number of benzene rings is 2. The van der Waals surface area contributed by atoms with Gasteiger partial charge in [-0.3, -0.25) is 14.5 Å². The van der Waals surface area contributed by atoms with Crippen LogP contribution in [0.15, 0.2) is 54.6 Å². The van der Waals surface area contributed by atoms with Gasteiger partial charge in [0.15, 0.2) is 0 Å². The van der Waals surface area contributed by atoms with Gasteiger partial charge >= 0.3 is 12.2 Å². The van der Waals surface area contributed by atoms with Crippen LogP contribution in [0, 0.1) is 0 Å². The van der Waals surface area contributed by atoms with Gasteiger partial charge in [-0.15, -0.1) is 0 Å². The molecule has 1 aliphatic carbocycles. The first-order chi connectivity index (χ1) is 15.5. The number of carbonyl (C=O) groups is 3. The average Bonchev–Trinajstić information content (AvgIpc) is 3.58. The van der Waals surface area contributed by atoms with Crippen LogP contribution >= 0.6 is 0 Å². The van der Waals surface area contributed by atoms with Crippen molar-refractivity contribution in [2.45, 2.75) is 50.5 Å². The van der Waals surface area contributed by atoms with Gasteiger partial charge in [-0.05, 0) is 49.9 Å². The first kappa shape index (κ1) is 22.8. The molecule has 9 heteroatoms. The third-order valence-corrected chi connectivity index (χ3v) is 6.26. The number of carbonyl (C=O) groups excluding carboxylic acids is 3. The zero-order chi connectivity index (χ0) is 24.0. The largest absolute Gasteiger partial charge is 0.416 e. The summed E-state index contributed by atoms with van der Waals surface area (Å²) in [5.74, 6) is -1.03. The van der Waals surface area contributed by atoms with Crippen LogP contribution in [0.2, 0.25) is 0 Å². The van der Waals surface area contributed by atoms with Crippen LogP contribution in [-0.4, -0.2) is 40.2 Å². The summed E-state index contributed by atoms with van der Waals surface area (Å²) in [6, 6.07) is 12.1. The predicted octanol–water partition coefficient (Wildman–Crippen LogP) is 4.22. The molecule has 174 valence electrons. The summed E-state index contributed by atoms with van der Waals surface area (Å²) in [7, 11) is 0. The molecule has 2 unspecified atom stereocenters. The second kappa shape index (κ2) is 8.20. The van der Waals surface area contributed by atoms with Gasteiger partial charge in [0.05, 0.1) is 11.6 Å². The minimum atomic E-state index is -4.49. The van der Waals surface area contributed by atoms with Crippen LogP contribution in [0.25, 0.3) is 0 Å². The van der Waals surface area contributed by atoms with Gasteiger partial charge in [0.25, 0.3) is 5.91 Å². The number of urea groups is 1. The van der Waals surface area contributed by atoms with Crippen molar-refractivity contribution in [2.75, 3.05) is 6.54 Å². The van der Waals surface area contributed by atoms with E-state index in [4.69, 9.17) is 0 Å². The number of nitrogens with one attached hydrogen (secondary N) is 1. The molecule has 4 rings (SSSR count). The Bertz CT molecular complexity index is 1090. The normalized spacial score (nSPS) is 21.7. The average molecular weight is 459 g/mol. The van der Waals surface area contributed by atoms with Gasteiger partial charge in [0, 0.05) is 6.04 Å². The zero-order valence-corrected chi connectivity index (χ0v) is 18.2. The Balaban J connectivity index is 1.55. The van der Waals surface area contributed by atoms with Crippen molar-refractivity contribution in [2.24, 2.45) is 0 Å². The number of alkyl halides is 3. The summed E-state index contributed by atoms with van der Waals surface area (Å²) in [6.45, 7) is 2.76. The maximum absolute atomic E-state index is 13.2. The Hall–Kier alpha value is -3.36. The van der Waals surface area contributed by atoms with E-state index < -0.39 is 47.7 Å². The molecular weight excluding hydrogens is 435 g/mol. The number of hydrogen-bond donors (Lipinski definition) is 1. The van der Waals surface area contributed by atoms with E-state index >= 15 is 0 Å². The lowest BCUT2D eigenvalue weighted by molar-refractivity contribution is -0.140. The Morgan fingerprint density at radius 2 is 1.82 bits per heavy atom. The van der Waals surface area contributed by atoms with Crippen molar-refractivity contribution in [3.8, 4) is 0 Å². The van der Waals surface area contributed by atoms with Gasteiger partial charge in [0.2, 0.25) is 5.91 Å². The van der Waals surface area contributed by atoms with Gasteiger partial charge in [-0.1, -0.05) is 42.5 Å². The Morgan fingerprint density at radius 1 is 1.15 bits per heavy atom. The number of nitrogens with zero attached hydrogens (tertiary/aromatic N) is 2. The summed E-state index contributed by atoms with van der Waals surface area (Å²) in [5.41, 5.74) is -1.15. The standard InChI is InChI=1S/C24H24F3N3O3/c1-15(16-7-6-10-18(13-16)24(25,26)27)30(19-11-12-19)20(31)14-29-21(32)23(2,28-22(29)33)17-8-4-3-5-9-17/h3-10,13,15,19H,11-12,14H2,1-2H3,(H,28,33). The van der Waals surface area contributed by atoms with Crippen LogP contribution in [0.3, 0.4) is 0 Å². The predicted molar refractivity (Wildman–Crippen MR) is 114 cm³/mol. The maximum atomic E-state index is 13.2. The first-order valence-electron chi connectivity index (χ1n) is 10.7. The highest BCUT2D eigenvalue weighted by molar-refractivity contribution is 6.09. The second-order valence-electron chi connectivity index (χ2n) is 8.64. The van der Waals surface area contributed by atoms with Crippen molar-refractivity contribution in [1.29, 1.82) is 0 Å². The number of amides is 4. The van der Waals surface area contributed by atoms with Crippen molar-refractivity contribution in [3.63, 3.8) is 0 Å². The fourth-order valence-electron chi connectivity index (χ4n) is 4.25. The van der Waals surface area contributed by atoms with Crippen LogP contribution in [0.5, 0.6) is 0 Å². The third kappa shape index (κ3) is 4.31. The second-order valence-corrected chi connectivity index (χ2v) is 8.64. The highest BCUT2D eigenvalue weighted by atomic mass is 19.4. The minimum absolute atomic E-state index is 0.136. The molecule has 6 nitrogen and oxygen atoms in total. The molecule has 2 atom stereocenters. The molecule has 2 aliphatic rings. The monoisotopic (exact) mass is 459 g/mol. The van der Waals surface area contributed by atoms with Crippen molar-refractivity contribution < 1.29 is 27.6 Å². The van der Waals surface area contributed by atoms with Crippen LogP contribution in [0.1, 0.15) is 49.4 Å². The Kier molecular flexibility index (Phi) is 5.67. The number of imide groups is 1. The maximum Gasteiger partial charge on any atom is 0.416 e. The van der Waals surface area contributed by atoms with Crippen LogP contribution < -0.4 is 5.32 Å². The van der Waals surface area contributed by atoms with E-state index in [0.717, 1.165) is 29.9 Å². The summed E-state index contributed by atoms with van der Waals surface area (Å²) < 4.78 is 39.5. The van der Waals surface area contributed by atoms with Gasteiger partial charge in [-0.2, -0.15) is 13.2 Å². The molecule has 33 heavy (non-hydrogen) atoms. The van der Waals surface area contributed by atoms with Crippen molar-refractivity contribution in [3.05, 3.63) is 71.3 Å². The summed E-state index contributed by atoms with van der Waals surface area (Å²) in [6.07, 6.45) is -3.06. The van der Waals surface area contributed by atoms with E-state index in [0.29, 0.717) is 11.1 Å². The summed E-state index contributed by atoms with van der Waals surface area (Å²) in [4.78, 5) is 41.4. The molecule has 0 aromatic heterocycles. The van der Waals surface area contributed by atoms with E-state index in [9.17, 15) is 27.6 Å². The smallest absolute Gasteiger partial charge is 0.331 e. The van der Waals surface area contributed by atoms with Gasteiger partial charge in [-0.25, -0.2) is 4.79 Å². The van der Waals surface area contributed by atoms with E-state index in [1.165, 1.54) is 11.0 Å². The zero-order valence-electron chi connectivity index (χ0n) is 18.2. The van der Waals surface area contributed by atoms with Crippen molar-refractivity contribution >= 4 is 17.8 Å². The molecule has 2 aromatic rings. The molecule has 1 heterocycles. The Labute approximate surface area is 189 Å². The topological polar surface area (TPSA) is 69.7 Å². The Morgan fingerprint density at radius 3 is 2.42 bits per heavy atom. The lowest BCUT2D eigenvalue weighted by atomic mass is 9.92. The highest BCUT2D eigenvalue weighted by Crippen LogP contribution is 2.37. The first-order valence-corrected chi connectivity index (χ1v) is 10.7. The minimum Gasteiger partial charge on any atom is -0.331 e. The number of hydrogen-bond acceptors (Lipinski definition) is 3. The molecule has 0 radical (unpaired) electrons. The van der Waals surface area contributed by atoms with E-state index in [-0.39, 0.29) is 6.04 Å².